The van der Waals surface area contributed by atoms with Crippen LogP contribution in [0.4, 0.5) is 0 Å². The lowest BCUT2D eigenvalue weighted by molar-refractivity contribution is 1.18. The van der Waals surface area contributed by atoms with Crippen LogP contribution >= 0.6 is 0 Å². The van der Waals surface area contributed by atoms with E-state index in [2.05, 4.69) is 203 Å². The molecule has 8 aromatic carbocycles. The monoisotopic (exact) mass is 636 g/mol. The summed E-state index contributed by atoms with van der Waals surface area (Å²) in [6, 6.07) is 70.4. The molecule has 2 heteroatoms. The molecule has 10 aromatic rings. The summed E-state index contributed by atoms with van der Waals surface area (Å²) in [5.74, 6) is 0. The highest BCUT2D eigenvalue weighted by Crippen LogP contribution is 2.41. The normalized spacial score (nSPS) is 11.6. The molecular formula is C48H32N2. The van der Waals surface area contributed by atoms with E-state index in [4.69, 9.17) is 0 Å². The average molecular weight is 637 g/mol. The van der Waals surface area contributed by atoms with Gasteiger partial charge in [0.1, 0.15) is 0 Å². The van der Waals surface area contributed by atoms with Crippen molar-refractivity contribution in [3.63, 3.8) is 0 Å². The quantitative estimate of drug-likeness (QED) is 0.178. The second-order valence-electron chi connectivity index (χ2n) is 13.0. The van der Waals surface area contributed by atoms with Gasteiger partial charge in [-0.25, -0.2) is 0 Å². The van der Waals surface area contributed by atoms with Gasteiger partial charge in [0.15, 0.2) is 0 Å². The molecule has 50 heavy (non-hydrogen) atoms. The molecule has 0 saturated carbocycles. The molecule has 0 saturated heterocycles. The Hall–Kier alpha value is -6.64. The first kappa shape index (κ1) is 28.4. The topological polar surface area (TPSA) is 9.86 Å². The van der Waals surface area contributed by atoms with Gasteiger partial charge in [0, 0.05) is 32.9 Å². The third-order valence-corrected chi connectivity index (χ3v) is 10.1. The van der Waals surface area contributed by atoms with Crippen molar-refractivity contribution in [2.45, 2.75) is 0 Å². The Morgan fingerprint density at radius 2 is 0.740 bits per heavy atom. The van der Waals surface area contributed by atoms with Crippen molar-refractivity contribution in [1.29, 1.82) is 0 Å². The van der Waals surface area contributed by atoms with Crippen molar-refractivity contribution in [2.24, 2.45) is 0 Å². The van der Waals surface area contributed by atoms with Crippen LogP contribution in [0, 0.1) is 0 Å². The number of nitrogens with zero attached hydrogens (tertiary/aromatic N) is 2. The molecule has 0 bridgehead atoms. The van der Waals surface area contributed by atoms with E-state index in [1.54, 1.807) is 0 Å². The van der Waals surface area contributed by atoms with E-state index in [1.165, 1.54) is 77.0 Å². The van der Waals surface area contributed by atoms with Crippen molar-refractivity contribution < 1.29 is 0 Å². The van der Waals surface area contributed by atoms with E-state index in [-0.39, 0.29) is 0 Å². The van der Waals surface area contributed by atoms with Crippen LogP contribution in [0.3, 0.4) is 0 Å². The summed E-state index contributed by atoms with van der Waals surface area (Å²) < 4.78 is 4.83. The molecule has 0 fully saturated rings. The first-order valence-electron chi connectivity index (χ1n) is 17.2. The summed E-state index contributed by atoms with van der Waals surface area (Å²) >= 11 is 0. The molecule has 10 rings (SSSR count). The lowest BCUT2D eigenvalue weighted by Crippen LogP contribution is -1.94. The summed E-state index contributed by atoms with van der Waals surface area (Å²) in [6.45, 7) is 0. The molecule has 0 aliphatic heterocycles. The molecule has 0 spiro atoms. The molecule has 0 unspecified atom stereocenters. The van der Waals surface area contributed by atoms with Crippen molar-refractivity contribution in [3.05, 3.63) is 194 Å². The van der Waals surface area contributed by atoms with Crippen LogP contribution in [-0.2, 0) is 0 Å². The van der Waals surface area contributed by atoms with Gasteiger partial charge in [-0.1, -0.05) is 140 Å². The fourth-order valence-corrected chi connectivity index (χ4v) is 7.87. The third kappa shape index (κ3) is 4.50. The van der Waals surface area contributed by atoms with Crippen LogP contribution in [0.15, 0.2) is 194 Å². The van der Waals surface area contributed by atoms with Gasteiger partial charge in [0.25, 0.3) is 0 Å². The van der Waals surface area contributed by atoms with Crippen LogP contribution in [0.2, 0.25) is 0 Å². The van der Waals surface area contributed by atoms with Gasteiger partial charge >= 0.3 is 0 Å². The first-order chi connectivity index (χ1) is 24.8. The molecule has 2 heterocycles. The number of fused-ring (bicyclic) bond motifs is 6. The van der Waals surface area contributed by atoms with Crippen molar-refractivity contribution in [2.75, 3.05) is 0 Å². The largest absolute Gasteiger partial charge is 0.309 e. The summed E-state index contributed by atoms with van der Waals surface area (Å²) in [5, 5.41) is 5.02. The van der Waals surface area contributed by atoms with E-state index in [0.717, 1.165) is 11.4 Å². The number of benzene rings is 8. The van der Waals surface area contributed by atoms with E-state index in [9.17, 15) is 0 Å². The minimum Gasteiger partial charge on any atom is -0.309 e. The van der Waals surface area contributed by atoms with Gasteiger partial charge in [0.05, 0.1) is 22.1 Å². The van der Waals surface area contributed by atoms with Gasteiger partial charge < -0.3 is 9.13 Å². The van der Waals surface area contributed by atoms with E-state index in [1.807, 2.05) is 0 Å². The second kappa shape index (κ2) is 11.5. The van der Waals surface area contributed by atoms with E-state index in [0.29, 0.717) is 0 Å². The second-order valence-corrected chi connectivity index (χ2v) is 13.0. The maximum absolute atomic E-state index is 2.42. The molecule has 234 valence electrons. The fourth-order valence-electron chi connectivity index (χ4n) is 7.87. The summed E-state index contributed by atoms with van der Waals surface area (Å²) in [5.41, 5.74) is 14.4. The highest BCUT2D eigenvalue weighted by atomic mass is 15.0. The predicted molar refractivity (Wildman–Crippen MR) is 211 cm³/mol. The smallest absolute Gasteiger partial charge is 0.0547 e. The molecule has 2 aromatic heterocycles. The Bertz CT molecular complexity index is 2860. The molecular weight excluding hydrogens is 605 g/mol. The van der Waals surface area contributed by atoms with Crippen molar-refractivity contribution in [3.8, 4) is 44.8 Å². The average Bonchev–Trinajstić information content (AvgIpc) is 3.71. The number of hydrogen-bond donors (Lipinski definition) is 0. The Labute approximate surface area is 290 Å². The van der Waals surface area contributed by atoms with Crippen LogP contribution in [0.1, 0.15) is 0 Å². The van der Waals surface area contributed by atoms with Gasteiger partial charge in [0.2, 0.25) is 0 Å². The fraction of sp³-hybridized carbons (Fsp3) is 0. The zero-order valence-electron chi connectivity index (χ0n) is 27.4. The van der Waals surface area contributed by atoms with Crippen LogP contribution in [0.25, 0.3) is 88.4 Å². The Morgan fingerprint density at radius 1 is 0.260 bits per heavy atom. The third-order valence-electron chi connectivity index (χ3n) is 10.1. The molecule has 0 aliphatic carbocycles. The number of aromatic nitrogens is 2. The lowest BCUT2D eigenvalue weighted by atomic mass is 9.98. The van der Waals surface area contributed by atoms with Crippen LogP contribution in [-0.4, -0.2) is 9.13 Å². The highest BCUT2D eigenvalue weighted by molar-refractivity contribution is 6.17. The standard InChI is InChI=1S/C48H32N2/c1-3-14-33(15-4-1)35-18-11-20-38(30-35)49-44-25-9-7-22-41(44)43-32-37(28-29-46(43)49)40-24-13-27-47-48(40)42-23-8-10-26-45(42)50(47)39-21-12-19-36(31-39)34-16-5-2-6-17-34/h1-32H. The predicted octanol–water partition coefficient (Wildman–Crippen LogP) is 12.9. The first-order valence-corrected chi connectivity index (χ1v) is 17.2. The number of rotatable bonds is 5. The highest BCUT2D eigenvalue weighted by Gasteiger charge is 2.18. The maximum Gasteiger partial charge on any atom is 0.0547 e. The van der Waals surface area contributed by atoms with Crippen LogP contribution < -0.4 is 0 Å². The molecule has 0 N–H and O–H groups in total. The Morgan fingerprint density at radius 3 is 1.40 bits per heavy atom. The lowest BCUT2D eigenvalue weighted by Gasteiger charge is -2.12. The molecule has 0 aliphatic rings. The zero-order valence-corrected chi connectivity index (χ0v) is 27.4. The van der Waals surface area contributed by atoms with Gasteiger partial charge in [-0.2, -0.15) is 0 Å². The maximum atomic E-state index is 2.42. The SMILES string of the molecule is c1ccc(-c2cccc(-n3c4ccccc4c4cc(-c5cccc6c5c5ccccc5n6-c5cccc(-c6ccccc6)c5)ccc43)c2)cc1. The summed E-state index contributed by atoms with van der Waals surface area (Å²) in [4.78, 5) is 0. The Balaban J connectivity index is 1.17. The summed E-state index contributed by atoms with van der Waals surface area (Å²) in [6.07, 6.45) is 0. The number of hydrogen-bond acceptors (Lipinski definition) is 0. The van der Waals surface area contributed by atoms with Gasteiger partial charge in [-0.05, 0) is 88.0 Å². The zero-order chi connectivity index (χ0) is 33.0. The minimum atomic E-state index is 1.16. The van der Waals surface area contributed by atoms with Crippen molar-refractivity contribution >= 4 is 43.6 Å². The van der Waals surface area contributed by atoms with E-state index < -0.39 is 0 Å². The van der Waals surface area contributed by atoms with Gasteiger partial charge in [-0.3, -0.25) is 0 Å². The molecule has 0 atom stereocenters. The van der Waals surface area contributed by atoms with Gasteiger partial charge in [-0.15, -0.1) is 0 Å². The Kier molecular flexibility index (Phi) is 6.53. The molecule has 0 radical (unpaired) electrons. The minimum absolute atomic E-state index is 1.16. The van der Waals surface area contributed by atoms with Crippen molar-refractivity contribution in [1.82, 2.24) is 9.13 Å². The van der Waals surface area contributed by atoms with Crippen LogP contribution in [0.5, 0.6) is 0 Å². The molecule has 2 nitrogen and oxygen atoms in total. The molecule has 0 amide bonds. The number of para-hydroxylation sites is 2. The van der Waals surface area contributed by atoms with E-state index >= 15 is 0 Å². The summed E-state index contributed by atoms with van der Waals surface area (Å²) in [7, 11) is 0.